The maximum absolute atomic E-state index is 14.0. The summed E-state index contributed by atoms with van der Waals surface area (Å²) < 4.78 is 15.0. The highest BCUT2D eigenvalue weighted by Gasteiger charge is 2.32. The molecule has 0 radical (unpaired) electrons. The van der Waals surface area contributed by atoms with Crippen molar-refractivity contribution in [2.24, 2.45) is 7.05 Å². The normalized spacial score (nSPS) is 16.6. The zero-order chi connectivity index (χ0) is 51.7. The first-order valence-electron chi connectivity index (χ1n) is 25.4. The molecule has 0 bridgehead atoms. The Morgan fingerprint density at radius 1 is 0.865 bits per heavy atom. The molecule has 17 heteroatoms. The van der Waals surface area contributed by atoms with Crippen molar-refractivity contribution in [1.29, 1.82) is 0 Å². The SMILES string of the molecule is Cc1cc(CCCOC2CCN(CC(=O)Nc3ccc4c(C5CCC(=O)NC5=O)nn(C)c4c3)CC2)ccc1-c1ccc(N2CCc3cccc(C(=O)Nc4nc5ccccc5s4)c3C2)nc1C(=O)OC(C)(C)C. The molecule has 0 saturated carbocycles. The van der Waals surface area contributed by atoms with E-state index >= 15 is 0 Å². The number of anilines is 3. The summed E-state index contributed by atoms with van der Waals surface area (Å²) in [6.07, 6.45) is 4.89. The Bertz CT molecular complexity index is 3280. The lowest BCUT2D eigenvalue weighted by molar-refractivity contribution is -0.134. The molecule has 382 valence electrons. The first kappa shape index (κ1) is 50.2. The van der Waals surface area contributed by atoms with E-state index in [0.717, 1.165) is 82.1 Å². The van der Waals surface area contributed by atoms with Crippen molar-refractivity contribution in [2.75, 3.05) is 48.3 Å². The Labute approximate surface area is 433 Å². The largest absolute Gasteiger partial charge is 0.455 e. The molecule has 1 unspecified atom stereocenters. The molecule has 2 saturated heterocycles. The number of piperidine rings is 2. The molecule has 4 amide bonds. The van der Waals surface area contributed by atoms with E-state index in [9.17, 15) is 24.0 Å². The number of rotatable bonds is 14. The van der Waals surface area contributed by atoms with Crippen molar-refractivity contribution in [3.05, 3.63) is 130 Å². The Kier molecular flexibility index (Phi) is 14.4. The van der Waals surface area contributed by atoms with Gasteiger partial charge in [-0.3, -0.25) is 39.4 Å². The zero-order valence-corrected chi connectivity index (χ0v) is 43.3. The van der Waals surface area contributed by atoms with Crippen molar-refractivity contribution in [3.63, 3.8) is 0 Å². The highest BCUT2D eigenvalue weighted by atomic mass is 32.1. The molecule has 3 N–H and O–H groups in total. The molecule has 4 aromatic carbocycles. The number of hydrogen-bond acceptors (Lipinski definition) is 13. The lowest BCUT2D eigenvalue weighted by Crippen LogP contribution is -2.41. The lowest BCUT2D eigenvalue weighted by atomic mass is 9.93. The van der Waals surface area contributed by atoms with Gasteiger partial charge >= 0.3 is 5.97 Å². The monoisotopic (exact) mass is 1020 g/mol. The average molecular weight is 1020 g/mol. The summed E-state index contributed by atoms with van der Waals surface area (Å²) in [6.45, 7) is 11.1. The Morgan fingerprint density at radius 3 is 2.46 bits per heavy atom. The predicted molar refractivity (Wildman–Crippen MR) is 287 cm³/mol. The van der Waals surface area contributed by atoms with Crippen LogP contribution in [0.5, 0.6) is 0 Å². The number of ether oxygens (including phenoxy) is 2. The van der Waals surface area contributed by atoms with Gasteiger partial charge < -0.3 is 19.7 Å². The Hall–Kier alpha value is -7.34. The number of carbonyl (C=O) groups excluding carboxylic acids is 5. The standard InChI is InChI=1S/C57H61N9O7S/c1-34-30-35(10-9-29-72-38-24-26-65(27-25-38)33-50(68)58-37-16-18-42-46(31-37)64(5)63-51(42)43-20-22-49(67)61-54(43)70)15-17-39(34)40-19-21-48(60-52(40)55(71)73-57(2,3)4)66-28-23-36-11-8-12-41(44(36)32-66)53(69)62-56-59-45-13-6-7-14-47(45)74-56/h6-8,11-19,21,30-31,38,43H,9-10,20,22-29,32-33H2,1-5H3,(H,58,68)(H,59,62,69)(H,61,67,70). The van der Waals surface area contributed by atoms with Crippen molar-refractivity contribution in [1.82, 2.24) is 30.0 Å². The molecule has 74 heavy (non-hydrogen) atoms. The molecular formula is C57H61N9O7S. The van der Waals surface area contributed by atoms with Crippen molar-refractivity contribution in [2.45, 2.75) is 96.8 Å². The van der Waals surface area contributed by atoms with Gasteiger partial charge in [0.2, 0.25) is 17.7 Å². The number of fused-ring (bicyclic) bond motifs is 3. The number of pyridine rings is 1. The van der Waals surface area contributed by atoms with Crippen LogP contribution in [-0.4, -0.2) is 98.7 Å². The van der Waals surface area contributed by atoms with Gasteiger partial charge in [-0.2, -0.15) is 5.10 Å². The zero-order valence-electron chi connectivity index (χ0n) is 42.5. The second kappa shape index (κ2) is 21.2. The quantitative estimate of drug-likeness (QED) is 0.0534. The third-order valence-electron chi connectivity index (χ3n) is 14.0. The van der Waals surface area contributed by atoms with Crippen LogP contribution in [0.15, 0.2) is 91.0 Å². The van der Waals surface area contributed by atoms with E-state index in [0.29, 0.717) is 66.0 Å². The molecule has 16 nitrogen and oxygen atoms in total. The second-order valence-electron chi connectivity index (χ2n) is 20.5. The fourth-order valence-electron chi connectivity index (χ4n) is 10.3. The maximum Gasteiger partial charge on any atom is 0.358 e. The number of para-hydroxylation sites is 1. The topological polar surface area (TPSA) is 190 Å². The summed E-state index contributed by atoms with van der Waals surface area (Å²) in [6, 6.07) is 29.5. The van der Waals surface area contributed by atoms with E-state index < -0.39 is 17.5 Å². The molecule has 2 fully saturated rings. The average Bonchev–Trinajstić information content (AvgIpc) is 3.94. The van der Waals surface area contributed by atoms with E-state index in [1.54, 1.807) is 4.68 Å². The third-order valence-corrected chi connectivity index (χ3v) is 15.0. The summed E-state index contributed by atoms with van der Waals surface area (Å²) in [5.74, 6) is -1.27. The molecule has 3 aliphatic rings. The number of nitrogens with zero attached hydrogens (tertiary/aromatic N) is 6. The summed E-state index contributed by atoms with van der Waals surface area (Å²) in [5, 5.41) is 14.4. The molecule has 10 rings (SSSR count). The minimum absolute atomic E-state index is 0.101. The van der Waals surface area contributed by atoms with Gasteiger partial charge in [-0.1, -0.05) is 53.8 Å². The number of thiazole rings is 1. The van der Waals surface area contributed by atoms with Gasteiger partial charge in [-0.05, 0) is 143 Å². The number of hydrogen-bond donors (Lipinski definition) is 3. The van der Waals surface area contributed by atoms with Crippen LogP contribution in [0.1, 0.15) is 108 Å². The number of amides is 4. The highest BCUT2D eigenvalue weighted by molar-refractivity contribution is 7.22. The summed E-state index contributed by atoms with van der Waals surface area (Å²) in [4.78, 5) is 79.0. The fourth-order valence-corrected chi connectivity index (χ4v) is 11.2. The maximum atomic E-state index is 14.0. The second-order valence-corrected chi connectivity index (χ2v) is 21.5. The molecule has 3 aromatic heterocycles. The molecular weight excluding hydrogens is 955 g/mol. The van der Waals surface area contributed by atoms with Crippen LogP contribution in [0.4, 0.5) is 16.6 Å². The van der Waals surface area contributed by atoms with Gasteiger partial charge in [-0.15, -0.1) is 0 Å². The number of esters is 1. The molecule has 6 heterocycles. The number of imide groups is 1. The van der Waals surface area contributed by atoms with Crippen LogP contribution >= 0.6 is 11.3 Å². The fraction of sp³-hybridized carbons (Fsp3) is 0.368. The summed E-state index contributed by atoms with van der Waals surface area (Å²) in [5.41, 5.74) is 8.84. The van der Waals surface area contributed by atoms with Gasteiger partial charge in [0.05, 0.1) is 40.0 Å². The van der Waals surface area contributed by atoms with Crippen LogP contribution < -0.4 is 20.9 Å². The van der Waals surface area contributed by atoms with E-state index in [1.165, 1.54) is 16.9 Å². The number of aryl methyl sites for hydroxylation is 3. The smallest absolute Gasteiger partial charge is 0.358 e. The summed E-state index contributed by atoms with van der Waals surface area (Å²) >= 11 is 1.44. The van der Waals surface area contributed by atoms with E-state index in [2.05, 4.69) is 67.0 Å². The van der Waals surface area contributed by atoms with Crippen molar-refractivity contribution < 1.29 is 33.4 Å². The van der Waals surface area contributed by atoms with E-state index in [1.807, 2.05) is 94.5 Å². The molecule has 3 aliphatic heterocycles. The first-order chi connectivity index (χ1) is 35.6. The number of likely N-dealkylation sites (tertiary alicyclic amines) is 1. The molecule has 0 spiro atoms. The van der Waals surface area contributed by atoms with E-state index in [4.69, 9.17) is 14.5 Å². The first-order valence-corrected chi connectivity index (χ1v) is 26.2. The minimum atomic E-state index is -0.732. The number of benzene rings is 4. The van der Waals surface area contributed by atoms with Crippen molar-refractivity contribution >= 4 is 78.7 Å². The number of carbonyl (C=O) groups is 5. The van der Waals surface area contributed by atoms with Crippen molar-refractivity contribution in [3.8, 4) is 11.1 Å². The van der Waals surface area contributed by atoms with Gasteiger partial charge in [-0.25, -0.2) is 14.8 Å². The van der Waals surface area contributed by atoms with Crippen LogP contribution in [0, 0.1) is 6.92 Å². The van der Waals surface area contributed by atoms with Gasteiger partial charge in [0.15, 0.2) is 10.8 Å². The Morgan fingerprint density at radius 2 is 1.68 bits per heavy atom. The van der Waals surface area contributed by atoms with Crippen LogP contribution in [0.2, 0.25) is 0 Å². The van der Waals surface area contributed by atoms with Crippen LogP contribution in [0.25, 0.3) is 32.2 Å². The highest BCUT2D eigenvalue weighted by Crippen LogP contribution is 2.35. The van der Waals surface area contributed by atoms with Gasteiger partial charge in [0.1, 0.15) is 11.4 Å². The summed E-state index contributed by atoms with van der Waals surface area (Å²) in [7, 11) is 1.81. The minimum Gasteiger partial charge on any atom is -0.455 e. The molecule has 7 aromatic rings. The number of nitrogens with one attached hydrogen (secondary N) is 3. The van der Waals surface area contributed by atoms with E-state index in [-0.39, 0.29) is 48.4 Å². The van der Waals surface area contributed by atoms with Gasteiger partial charge in [0, 0.05) is 68.5 Å². The number of aromatic nitrogens is 4. The Balaban J connectivity index is 0.723. The third kappa shape index (κ3) is 11.2. The molecule has 1 atom stereocenters. The lowest BCUT2D eigenvalue weighted by Gasteiger charge is -2.31. The van der Waals surface area contributed by atoms with Crippen LogP contribution in [-0.2, 0) is 50.3 Å². The van der Waals surface area contributed by atoms with Crippen LogP contribution in [0.3, 0.4) is 0 Å². The van der Waals surface area contributed by atoms with Gasteiger partial charge in [0.25, 0.3) is 5.91 Å². The predicted octanol–water partition coefficient (Wildman–Crippen LogP) is 8.90. The molecule has 0 aliphatic carbocycles.